The van der Waals surface area contributed by atoms with Crippen LogP contribution >= 0.6 is 0 Å². The zero-order valence-electron chi connectivity index (χ0n) is 11.5. The predicted molar refractivity (Wildman–Crippen MR) is 73.5 cm³/mol. The molecule has 1 fully saturated rings. The number of likely N-dealkylation sites (N-methyl/N-ethyl adjacent to an activating group) is 1. The van der Waals surface area contributed by atoms with Gasteiger partial charge in [-0.25, -0.2) is 4.79 Å². The molecule has 4 nitrogen and oxygen atoms in total. The summed E-state index contributed by atoms with van der Waals surface area (Å²) >= 11 is 0. The Kier molecular flexibility index (Phi) is 3.42. The summed E-state index contributed by atoms with van der Waals surface area (Å²) in [5, 5.41) is 0. The fourth-order valence-electron chi connectivity index (χ4n) is 2.39. The Morgan fingerprint density at radius 2 is 1.84 bits per heavy atom. The molecule has 0 N–H and O–H groups in total. The molecule has 3 amide bonds. The topological polar surface area (TPSA) is 40.6 Å². The van der Waals surface area contributed by atoms with Crippen molar-refractivity contribution in [1.82, 2.24) is 9.80 Å². The van der Waals surface area contributed by atoms with E-state index in [4.69, 9.17) is 0 Å². The Morgan fingerprint density at radius 1 is 1.26 bits per heavy atom. The van der Waals surface area contributed by atoms with Crippen molar-refractivity contribution in [2.75, 3.05) is 7.05 Å². The van der Waals surface area contributed by atoms with Crippen LogP contribution in [0.1, 0.15) is 25.5 Å². The molecule has 1 aromatic rings. The lowest BCUT2D eigenvalue weighted by Gasteiger charge is -2.24. The van der Waals surface area contributed by atoms with Crippen molar-refractivity contribution in [2.24, 2.45) is 0 Å². The summed E-state index contributed by atoms with van der Waals surface area (Å²) in [4.78, 5) is 27.3. The smallest absolute Gasteiger partial charge is 0.322 e. The van der Waals surface area contributed by atoms with Crippen LogP contribution in [-0.4, -0.2) is 34.8 Å². The van der Waals surface area contributed by atoms with Gasteiger partial charge in [-0.2, -0.15) is 0 Å². The molecule has 0 spiro atoms. The number of rotatable bonds is 2. The van der Waals surface area contributed by atoms with Crippen molar-refractivity contribution in [3.05, 3.63) is 48.0 Å². The molecule has 19 heavy (non-hydrogen) atoms. The van der Waals surface area contributed by atoms with Crippen molar-refractivity contribution >= 4 is 11.9 Å². The third kappa shape index (κ3) is 2.14. The van der Waals surface area contributed by atoms with Crippen molar-refractivity contribution in [3.8, 4) is 0 Å². The summed E-state index contributed by atoms with van der Waals surface area (Å²) in [6, 6.07) is 9.02. The standard InChI is InChI=1S/C15H18N2O2/c1-10(2)14(18)17-13(11(3)16(4)15(17)19)12-8-6-5-7-9-12/h5-9,11,13H,1H2,2-4H3/t11-,13-/m0/s1. The van der Waals surface area contributed by atoms with Gasteiger partial charge in [-0.15, -0.1) is 0 Å². The third-order valence-corrected chi connectivity index (χ3v) is 3.58. The van der Waals surface area contributed by atoms with Crippen LogP contribution in [0.2, 0.25) is 0 Å². The molecule has 0 unspecified atom stereocenters. The van der Waals surface area contributed by atoms with Crippen LogP contribution in [0.25, 0.3) is 0 Å². The average Bonchev–Trinajstić information content (AvgIpc) is 2.63. The summed E-state index contributed by atoms with van der Waals surface area (Å²) in [5.41, 5.74) is 1.33. The molecule has 2 atom stereocenters. The van der Waals surface area contributed by atoms with Gasteiger partial charge in [0.1, 0.15) is 0 Å². The van der Waals surface area contributed by atoms with Gasteiger partial charge in [0.25, 0.3) is 5.91 Å². The summed E-state index contributed by atoms with van der Waals surface area (Å²) in [7, 11) is 1.72. The molecule has 0 radical (unpaired) electrons. The SMILES string of the molecule is C=C(C)C(=O)N1C(=O)N(C)[C@@H](C)[C@H]1c1ccccc1. The molecular formula is C15H18N2O2. The van der Waals surface area contributed by atoms with Crippen LogP contribution in [0, 0.1) is 0 Å². The maximum atomic E-state index is 12.2. The maximum absolute atomic E-state index is 12.2. The summed E-state index contributed by atoms with van der Waals surface area (Å²) in [5.74, 6) is -0.310. The number of imide groups is 1. The highest BCUT2D eigenvalue weighted by Crippen LogP contribution is 2.35. The normalized spacial score (nSPS) is 22.8. The number of hydrogen-bond donors (Lipinski definition) is 0. The molecule has 0 aliphatic carbocycles. The molecule has 1 aromatic carbocycles. The zero-order valence-corrected chi connectivity index (χ0v) is 11.5. The Morgan fingerprint density at radius 3 is 2.37 bits per heavy atom. The van der Waals surface area contributed by atoms with Crippen molar-refractivity contribution in [2.45, 2.75) is 25.9 Å². The van der Waals surface area contributed by atoms with Crippen LogP contribution < -0.4 is 0 Å². The number of hydrogen-bond acceptors (Lipinski definition) is 2. The van der Waals surface area contributed by atoms with Gasteiger partial charge in [0.2, 0.25) is 0 Å². The second-order valence-electron chi connectivity index (χ2n) is 4.95. The Labute approximate surface area is 113 Å². The second-order valence-corrected chi connectivity index (χ2v) is 4.95. The van der Waals surface area contributed by atoms with E-state index in [1.54, 1.807) is 18.9 Å². The van der Waals surface area contributed by atoms with Gasteiger partial charge < -0.3 is 4.90 Å². The van der Waals surface area contributed by atoms with E-state index in [-0.39, 0.29) is 24.0 Å². The number of carbonyl (C=O) groups excluding carboxylic acids is 2. The van der Waals surface area contributed by atoms with E-state index in [2.05, 4.69) is 6.58 Å². The fourth-order valence-corrected chi connectivity index (χ4v) is 2.39. The van der Waals surface area contributed by atoms with E-state index >= 15 is 0 Å². The largest absolute Gasteiger partial charge is 0.327 e. The van der Waals surface area contributed by atoms with Crippen LogP contribution in [-0.2, 0) is 4.79 Å². The van der Waals surface area contributed by atoms with E-state index in [0.717, 1.165) is 5.56 Å². The predicted octanol–water partition coefficient (Wildman–Crippen LogP) is 2.59. The average molecular weight is 258 g/mol. The summed E-state index contributed by atoms with van der Waals surface area (Å²) in [6.07, 6.45) is 0. The van der Waals surface area contributed by atoms with E-state index in [9.17, 15) is 9.59 Å². The number of carbonyl (C=O) groups is 2. The Hall–Kier alpha value is -2.10. The summed E-state index contributed by atoms with van der Waals surface area (Å²) < 4.78 is 0. The second kappa shape index (κ2) is 4.88. The molecule has 1 aliphatic heterocycles. The van der Waals surface area contributed by atoms with Crippen molar-refractivity contribution < 1.29 is 9.59 Å². The lowest BCUT2D eigenvalue weighted by Crippen LogP contribution is -2.36. The molecule has 1 heterocycles. The maximum Gasteiger partial charge on any atom is 0.327 e. The van der Waals surface area contributed by atoms with Gasteiger partial charge in [0.15, 0.2) is 0 Å². The molecule has 4 heteroatoms. The molecule has 2 rings (SSSR count). The van der Waals surface area contributed by atoms with Gasteiger partial charge in [-0.05, 0) is 19.4 Å². The Balaban J connectivity index is 2.46. The highest BCUT2D eigenvalue weighted by atomic mass is 16.2. The highest BCUT2D eigenvalue weighted by Gasteiger charge is 2.45. The fraction of sp³-hybridized carbons (Fsp3) is 0.333. The monoisotopic (exact) mass is 258 g/mol. The molecule has 100 valence electrons. The van der Waals surface area contributed by atoms with Gasteiger partial charge in [0, 0.05) is 12.6 Å². The molecule has 0 bridgehead atoms. The molecule has 1 aliphatic rings. The number of amides is 3. The lowest BCUT2D eigenvalue weighted by atomic mass is 10.00. The number of benzene rings is 1. The summed E-state index contributed by atoms with van der Waals surface area (Å²) in [6.45, 7) is 7.22. The van der Waals surface area contributed by atoms with E-state index in [1.165, 1.54) is 4.90 Å². The number of nitrogens with zero attached hydrogens (tertiary/aromatic N) is 2. The number of urea groups is 1. The van der Waals surface area contributed by atoms with E-state index in [0.29, 0.717) is 5.57 Å². The first-order valence-corrected chi connectivity index (χ1v) is 6.26. The molecule has 0 saturated carbocycles. The van der Waals surface area contributed by atoms with Gasteiger partial charge in [0.05, 0.1) is 12.1 Å². The van der Waals surface area contributed by atoms with Crippen LogP contribution in [0.5, 0.6) is 0 Å². The van der Waals surface area contributed by atoms with Crippen molar-refractivity contribution in [1.29, 1.82) is 0 Å². The van der Waals surface area contributed by atoms with Gasteiger partial charge in [-0.1, -0.05) is 36.9 Å². The molecular weight excluding hydrogens is 240 g/mol. The minimum absolute atomic E-state index is 0.0572. The zero-order chi connectivity index (χ0) is 14.2. The first-order chi connectivity index (χ1) is 8.95. The molecule has 1 saturated heterocycles. The third-order valence-electron chi connectivity index (χ3n) is 3.58. The highest BCUT2D eigenvalue weighted by molar-refractivity contribution is 6.04. The van der Waals surface area contributed by atoms with Crippen LogP contribution in [0.15, 0.2) is 42.5 Å². The quantitative estimate of drug-likeness (QED) is 0.765. The van der Waals surface area contributed by atoms with Crippen LogP contribution in [0.3, 0.4) is 0 Å². The molecule has 0 aromatic heterocycles. The first-order valence-electron chi connectivity index (χ1n) is 6.26. The lowest BCUT2D eigenvalue weighted by molar-refractivity contribution is -0.125. The van der Waals surface area contributed by atoms with Gasteiger partial charge >= 0.3 is 6.03 Å². The first kappa shape index (κ1) is 13.3. The van der Waals surface area contributed by atoms with Gasteiger partial charge in [-0.3, -0.25) is 9.69 Å². The van der Waals surface area contributed by atoms with Crippen LogP contribution in [0.4, 0.5) is 4.79 Å². The van der Waals surface area contributed by atoms with E-state index in [1.807, 2.05) is 37.3 Å². The minimum Gasteiger partial charge on any atom is -0.322 e. The minimum atomic E-state index is -0.310. The van der Waals surface area contributed by atoms with E-state index < -0.39 is 0 Å². The Bertz CT molecular complexity index is 524. The van der Waals surface area contributed by atoms with Crippen molar-refractivity contribution in [3.63, 3.8) is 0 Å².